The molecule has 1 aromatic carbocycles. The molecular weight excluding hydrogens is 198 g/mol. The number of nitrogens with zero attached hydrogens (tertiary/aromatic N) is 1. The molecule has 0 aromatic heterocycles. The Hall–Kier alpha value is -0.570. The summed E-state index contributed by atoms with van der Waals surface area (Å²) in [6, 6.07) is 7.64. The maximum absolute atomic E-state index is 9.24. The molecule has 1 aromatic rings. The zero-order valence-corrected chi connectivity index (χ0v) is 9.33. The summed E-state index contributed by atoms with van der Waals surface area (Å²) in [6.45, 7) is 1.01. The van der Waals surface area contributed by atoms with Crippen molar-refractivity contribution >= 4 is 11.6 Å². The first-order chi connectivity index (χ1) is 6.63. The highest BCUT2D eigenvalue weighted by atomic mass is 35.5. The predicted octanol–water partition coefficient (Wildman–Crippen LogP) is 1.98. The zero-order valence-electron chi connectivity index (χ0n) is 8.57. The van der Waals surface area contributed by atoms with Crippen molar-refractivity contribution in [1.29, 1.82) is 0 Å². The van der Waals surface area contributed by atoms with E-state index in [4.69, 9.17) is 11.6 Å². The molecule has 0 radical (unpaired) electrons. The summed E-state index contributed by atoms with van der Waals surface area (Å²) in [5.41, 5.74) is 1.13. The molecular formula is C11H16ClNO. The number of hydrogen-bond donors (Lipinski definition) is 1. The quantitative estimate of drug-likeness (QED) is 0.827. The second-order valence-electron chi connectivity index (χ2n) is 3.69. The van der Waals surface area contributed by atoms with Gasteiger partial charge in [-0.3, -0.25) is 0 Å². The Balaban J connectivity index is 2.73. The van der Waals surface area contributed by atoms with Crippen LogP contribution >= 0.6 is 11.6 Å². The third kappa shape index (κ3) is 3.29. The minimum Gasteiger partial charge on any atom is -0.396 e. The summed E-state index contributed by atoms with van der Waals surface area (Å²) in [6.07, 6.45) is 0. The van der Waals surface area contributed by atoms with Crippen molar-refractivity contribution in [2.24, 2.45) is 0 Å². The minimum absolute atomic E-state index is 0.166. The maximum atomic E-state index is 9.24. The molecule has 2 nitrogen and oxygen atoms in total. The first kappa shape index (κ1) is 11.5. The molecule has 0 saturated carbocycles. The molecule has 0 aliphatic carbocycles. The van der Waals surface area contributed by atoms with Crippen LogP contribution in [0.3, 0.4) is 0 Å². The van der Waals surface area contributed by atoms with Gasteiger partial charge in [-0.05, 0) is 31.8 Å². The Morgan fingerprint density at radius 1 is 1.29 bits per heavy atom. The van der Waals surface area contributed by atoms with E-state index in [1.165, 1.54) is 0 Å². The van der Waals surface area contributed by atoms with Crippen molar-refractivity contribution in [2.45, 2.75) is 5.92 Å². The Morgan fingerprint density at radius 2 is 1.86 bits per heavy atom. The second kappa shape index (κ2) is 5.35. The maximum Gasteiger partial charge on any atom is 0.0512 e. The van der Waals surface area contributed by atoms with Crippen LogP contribution < -0.4 is 0 Å². The van der Waals surface area contributed by atoms with E-state index >= 15 is 0 Å². The van der Waals surface area contributed by atoms with Gasteiger partial charge in [0.25, 0.3) is 0 Å². The predicted molar refractivity (Wildman–Crippen MR) is 59.8 cm³/mol. The Kier molecular flexibility index (Phi) is 4.39. The molecule has 3 heteroatoms. The number of aliphatic hydroxyl groups excluding tert-OH is 1. The number of aliphatic hydroxyl groups is 1. The van der Waals surface area contributed by atoms with Crippen LogP contribution in [-0.2, 0) is 0 Å². The first-order valence-electron chi connectivity index (χ1n) is 4.64. The summed E-state index contributed by atoms with van der Waals surface area (Å²) < 4.78 is 0. The molecule has 78 valence electrons. The molecule has 1 atom stereocenters. The number of halogens is 1. The van der Waals surface area contributed by atoms with Gasteiger partial charge in [-0.1, -0.05) is 23.7 Å². The van der Waals surface area contributed by atoms with Crippen molar-refractivity contribution in [1.82, 2.24) is 4.90 Å². The summed E-state index contributed by atoms with van der Waals surface area (Å²) in [5.74, 6) is 0.169. The smallest absolute Gasteiger partial charge is 0.0512 e. The number of rotatable bonds is 4. The second-order valence-corrected chi connectivity index (χ2v) is 4.13. The summed E-state index contributed by atoms with van der Waals surface area (Å²) in [4.78, 5) is 2.06. The van der Waals surface area contributed by atoms with Crippen molar-refractivity contribution in [3.05, 3.63) is 34.9 Å². The lowest BCUT2D eigenvalue weighted by molar-refractivity contribution is 0.235. The lowest BCUT2D eigenvalue weighted by Crippen LogP contribution is -2.22. The van der Waals surface area contributed by atoms with Gasteiger partial charge in [-0.2, -0.15) is 0 Å². The van der Waals surface area contributed by atoms with Gasteiger partial charge in [0.05, 0.1) is 6.61 Å². The van der Waals surface area contributed by atoms with Crippen molar-refractivity contribution in [3.63, 3.8) is 0 Å². The van der Waals surface area contributed by atoms with Gasteiger partial charge in [-0.15, -0.1) is 0 Å². The highest BCUT2D eigenvalue weighted by Crippen LogP contribution is 2.18. The van der Waals surface area contributed by atoms with Crippen molar-refractivity contribution in [2.75, 3.05) is 27.2 Å². The molecule has 14 heavy (non-hydrogen) atoms. The average Bonchev–Trinajstić information content (AvgIpc) is 2.15. The van der Waals surface area contributed by atoms with E-state index in [1.54, 1.807) is 0 Å². The van der Waals surface area contributed by atoms with Crippen LogP contribution in [0.2, 0.25) is 5.02 Å². The molecule has 1 unspecified atom stereocenters. The number of benzene rings is 1. The van der Waals surface area contributed by atoms with E-state index in [9.17, 15) is 5.11 Å². The first-order valence-corrected chi connectivity index (χ1v) is 5.02. The van der Waals surface area contributed by atoms with E-state index in [0.29, 0.717) is 0 Å². The van der Waals surface area contributed by atoms with Crippen LogP contribution in [0.15, 0.2) is 24.3 Å². The van der Waals surface area contributed by atoms with Crippen molar-refractivity contribution < 1.29 is 5.11 Å². The van der Waals surface area contributed by atoms with Gasteiger partial charge in [0.1, 0.15) is 0 Å². The highest BCUT2D eigenvalue weighted by molar-refractivity contribution is 6.30. The normalized spacial score (nSPS) is 13.2. The number of hydrogen-bond acceptors (Lipinski definition) is 2. The van der Waals surface area contributed by atoms with Crippen molar-refractivity contribution in [3.8, 4) is 0 Å². The Bertz CT molecular complexity index is 271. The Morgan fingerprint density at radius 3 is 2.29 bits per heavy atom. The SMILES string of the molecule is CN(C)CC(CO)c1ccc(Cl)cc1. The fourth-order valence-electron chi connectivity index (χ4n) is 1.44. The van der Waals surface area contributed by atoms with Gasteiger partial charge in [0, 0.05) is 17.5 Å². The standard InChI is InChI=1S/C11H16ClNO/c1-13(2)7-10(8-14)9-3-5-11(12)6-4-9/h3-6,10,14H,7-8H2,1-2H3. The van der Waals surface area contributed by atoms with Crippen LogP contribution in [0.5, 0.6) is 0 Å². The van der Waals surface area contributed by atoms with Gasteiger partial charge in [0.15, 0.2) is 0 Å². The largest absolute Gasteiger partial charge is 0.396 e. The highest BCUT2D eigenvalue weighted by Gasteiger charge is 2.10. The van der Waals surface area contributed by atoms with Gasteiger partial charge < -0.3 is 10.0 Å². The van der Waals surface area contributed by atoms with Crippen LogP contribution in [0, 0.1) is 0 Å². The van der Waals surface area contributed by atoms with E-state index in [0.717, 1.165) is 17.1 Å². The monoisotopic (exact) mass is 213 g/mol. The molecule has 1 N–H and O–H groups in total. The molecule has 0 saturated heterocycles. The van der Waals surface area contributed by atoms with E-state index < -0.39 is 0 Å². The lowest BCUT2D eigenvalue weighted by Gasteiger charge is -2.19. The molecule has 0 aliphatic rings. The van der Waals surface area contributed by atoms with E-state index in [2.05, 4.69) is 4.90 Å². The average molecular weight is 214 g/mol. The number of likely N-dealkylation sites (N-methyl/N-ethyl adjacent to an activating group) is 1. The molecule has 0 amide bonds. The van der Waals surface area contributed by atoms with Crippen LogP contribution in [0.25, 0.3) is 0 Å². The van der Waals surface area contributed by atoms with Crippen LogP contribution in [0.4, 0.5) is 0 Å². The molecule has 0 spiro atoms. The molecule has 0 fully saturated rings. The third-order valence-corrected chi connectivity index (χ3v) is 2.40. The zero-order chi connectivity index (χ0) is 10.6. The fourth-order valence-corrected chi connectivity index (χ4v) is 1.57. The molecule has 0 bridgehead atoms. The molecule has 0 heterocycles. The Labute approximate surface area is 90.1 Å². The summed E-state index contributed by atoms with van der Waals surface area (Å²) >= 11 is 5.79. The summed E-state index contributed by atoms with van der Waals surface area (Å²) in [7, 11) is 4.00. The fraction of sp³-hybridized carbons (Fsp3) is 0.455. The van der Waals surface area contributed by atoms with Gasteiger partial charge >= 0.3 is 0 Å². The van der Waals surface area contributed by atoms with E-state index in [-0.39, 0.29) is 12.5 Å². The topological polar surface area (TPSA) is 23.5 Å². The van der Waals surface area contributed by atoms with Gasteiger partial charge in [0.2, 0.25) is 0 Å². The summed E-state index contributed by atoms with van der Waals surface area (Å²) in [5, 5.41) is 9.97. The lowest BCUT2D eigenvalue weighted by atomic mass is 10.00. The van der Waals surface area contributed by atoms with Crippen LogP contribution in [0.1, 0.15) is 11.5 Å². The van der Waals surface area contributed by atoms with Gasteiger partial charge in [-0.25, -0.2) is 0 Å². The molecule has 1 rings (SSSR count). The van der Waals surface area contributed by atoms with E-state index in [1.807, 2.05) is 38.4 Å². The molecule has 0 aliphatic heterocycles. The minimum atomic E-state index is 0.166. The van der Waals surface area contributed by atoms with Crippen LogP contribution in [-0.4, -0.2) is 37.3 Å². The third-order valence-electron chi connectivity index (χ3n) is 2.15.